The number of nitrogens with zero attached hydrogens (tertiary/aromatic N) is 2. The van der Waals surface area contributed by atoms with Crippen molar-refractivity contribution < 1.29 is 9.47 Å². The van der Waals surface area contributed by atoms with Crippen LogP contribution >= 0.6 is 0 Å². The van der Waals surface area contributed by atoms with E-state index in [9.17, 15) is 0 Å². The molecule has 28 heavy (non-hydrogen) atoms. The molecule has 0 aromatic carbocycles. The molecule has 0 aliphatic carbocycles. The van der Waals surface area contributed by atoms with E-state index in [2.05, 4.69) is 55.1 Å². The Kier molecular flexibility index (Phi) is 19.9. The van der Waals surface area contributed by atoms with Gasteiger partial charge >= 0.3 is 0 Å². The number of nitrogens with one attached hydrogen (secondary N) is 2. The third-order valence-corrected chi connectivity index (χ3v) is 4.99. The molecule has 0 spiro atoms. The van der Waals surface area contributed by atoms with Crippen molar-refractivity contribution in [3.63, 3.8) is 0 Å². The number of hydrogen-bond acceptors (Lipinski definition) is 6. The summed E-state index contributed by atoms with van der Waals surface area (Å²) < 4.78 is 11.1. The van der Waals surface area contributed by atoms with Crippen LogP contribution in [0.25, 0.3) is 0 Å². The van der Waals surface area contributed by atoms with Crippen LogP contribution in [0.5, 0.6) is 0 Å². The maximum Gasteiger partial charge on any atom is 0.0590 e. The average Bonchev–Trinajstić information content (AvgIpc) is 2.66. The fourth-order valence-electron chi connectivity index (χ4n) is 3.31. The van der Waals surface area contributed by atoms with E-state index in [-0.39, 0.29) is 0 Å². The van der Waals surface area contributed by atoms with Gasteiger partial charge in [-0.2, -0.15) is 0 Å². The molecular weight excluding hydrogens is 352 g/mol. The Balaban J connectivity index is 3.45. The van der Waals surface area contributed by atoms with Gasteiger partial charge in [-0.1, -0.05) is 6.92 Å². The van der Waals surface area contributed by atoms with Crippen LogP contribution in [0.1, 0.15) is 54.4 Å². The van der Waals surface area contributed by atoms with Crippen LogP contribution in [0, 0.1) is 0 Å². The summed E-state index contributed by atoms with van der Waals surface area (Å²) in [7, 11) is 0. The Morgan fingerprint density at radius 1 is 0.679 bits per heavy atom. The Bertz CT molecular complexity index is 309. The molecule has 6 heteroatoms. The van der Waals surface area contributed by atoms with Gasteiger partial charge in [0.25, 0.3) is 0 Å². The molecule has 0 saturated heterocycles. The Labute approximate surface area is 175 Å². The molecule has 0 aliphatic rings. The summed E-state index contributed by atoms with van der Waals surface area (Å²) in [6.45, 7) is 25.1. The van der Waals surface area contributed by atoms with Crippen molar-refractivity contribution in [2.45, 2.75) is 66.5 Å². The molecule has 0 radical (unpaired) electrons. The summed E-state index contributed by atoms with van der Waals surface area (Å²) in [5, 5.41) is 6.93. The predicted octanol–water partition coefficient (Wildman–Crippen LogP) is 2.44. The van der Waals surface area contributed by atoms with Crippen molar-refractivity contribution in [3.05, 3.63) is 0 Å². The minimum atomic E-state index is 0.603. The van der Waals surface area contributed by atoms with Crippen LogP contribution in [0.4, 0.5) is 0 Å². The van der Waals surface area contributed by atoms with Crippen LogP contribution in [-0.2, 0) is 9.47 Å². The van der Waals surface area contributed by atoms with Crippen LogP contribution in [-0.4, -0.2) is 101 Å². The van der Waals surface area contributed by atoms with Gasteiger partial charge in [0, 0.05) is 64.6 Å². The lowest BCUT2D eigenvalue weighted by Crippen LogP contribution is -2.41. The third-order valence-electron chi connectivity index (χ3n) is 4.99. The van der Waals surface area contributed by atoms with Crippen molar-refractivity contribution in [2.75, 3.05) is 78.8 Å². The zero-order chi connectivity index (χ0) is 21.0. The second-order valence-electron chi connectivity index (χ2n) is 7.88. The number of unbranched alkanes of at least 4 members (excludes halogenated alkanes) is 1. The van der Waals surface area contributed by atoms with E-state index in [0.29, 0.717) is 12.1 Å². The Morgan fingerprint density at radius 3 is 1.86 bits per heavy atom. The molecule has 0 aliphatic heterocycles. The second kappa shape index (κ2) is 20.0. The zero-order valence-electron chi connectivity index (χ0n) is 19.8. The molecule has 0 saturated carbocycles. The topological polar surface area (TPSA) is 49.0 Å². The van der Waals surface area contributed by atoms with Crippen LogP contribution < -0.4 is 10.6 Å². The van der Waals surface area contributed by atoms with Gasteiger partial charge in [-0.15, -0.1) is 0 Å². The summed E-state index contributed by atoms with van der Waals surface area (Å²) in [5.74, 6) is 0. The van der Waals surface area contributed by atoms with Crippen LogP contribution in [0.2, 0.25) is 0 Å². The Morgan fingerprint density at radius 2 is 1.29 bits per heavy atom. The summed E-state index contributed by atoms with van der Waals surface area (Å²) >= 11 is 0. The number of ether oxygens (including phenoxy) is 2. The summed E-state index contributed by atoms with van der Waals surface area (Å²) in [5.41, 5.74) is 0. The third kappa shape index (κ3) is 16.7. The van der Waals surface area contributed by atoms with Gasteiger partial charge in [0.15, 0.2) is 0 Å². The predicted molar refractivity (Wildman–Crippen MR) is 121 cm³/mol. The molecule has 0 heterocycles. The van der Waals surface area contributed by atoms with Gasteiger partial charge in [0.1, 0.15) is 0 Å². The summed E-state index contributed by atoms with van der Waals surface area (Å²) in [6, 6.07) is 1.21. The van der Waals surface area contributed by atoms with Crippen molar-refractivity contribution in [1.29, 1.82) is 0 Å². The molecule has 0 unspecified atom stereocenters. The van der Waals surface area contributed by atoms with Crippen LogP contribution in [0.15, 0.2) is 0 Å². The molecule has 0 aromatic heterocycles. The fourth-order valence-corrected chi connectivity index (χ4v) is 3.31. The lowest BCUT2D eigenvalue weighted by Gasteiger charge is -2.30. The van der Waals surface area contributed by atoms with Crippen molar-refractivity contribution in [1.82, 2.24) is 20.4 Å². The highest BCUT2D eigenvalue weighted by Crippen LogP contribution is 2.03. The Hall–Kier alpha value is -0.240. The maximum absolute atomic E-state index is 5.77. The smallest absolute Gasteiger partial charge is 0.0590 e. The lowest BCUT2D eigenvalue weighted by molar-refractivity contribution is 0.126. The molecule has 0 fully saturated rings. The standard InChI is InChI=1S/C22H50N4O2/c1-7-25(16-11-23-13-19-27-8-2)15-9-10-18-28-20-14-24-12-17-26(21(3)4)22(5)6/h21-24H,7-20H2,1-6H3. The molecule has 0 bridgehead atoms. The first-order valence-electron chi connectivity index (χ1n) is 11.6. The van der Waals surface area contributed by atoms with E-state index in [1.54, 1.807) is 0 Å². The SMILES string of the molecule is CCOCCNCCN(CC)CCCCOCCNCCN(C(C)C)C(C)C. The van der Waals surface area contributed by atoms with Gasteiger partial charge in [-0.3, -0.25) is 4.90 Å². The molecule has 0 atom stereocenters. The summed E-state index contributed by atoms with van der Waals surface area (Å²) in [4.78, 5) is 5.02. The van der Waals surface area contributed by atoms with E-state index in [1.165, 1.54) is 6.42 Å². The monoisotopic (exact) mass is 402 g/mol. The largest absolute Gasteiger partial charge is 0.380 e. The highest BCUT2D eigenvalue weighted by Gasteiger charge is 2.11. The first-order valence-corrected chi connectivity index (χ1v) is 11.6. The molecule has 0 rings (SSSR count). The highest BCUT2D eigenvalue weighted by atomic mass is 16.5. The van der Waals surface area contributed by atoms with Crippen molar-refractivity contribution >= 4 is 0 Å². The summed E-state index contributed by atoms with van der Waals surface area (Å²) in [6.07, 6.45) is 2.35. The van der Waals surface area contributed by atoms with Crippen molar-refractivity contribution in [2.24, 2.45) is 0 Å². The van der Waals surface area contributed by atoms with E-state index in [4.69, 9.17) is 9.47 Å². The number of hydrogen-bond donors (Lipinski definition) is 2. The first-order chi connectivity index (χ1) is 13.5. The first kappa shape index (κ1) is 27.8. The van der Waals surface area contributed by atoms with E-state index < -0.39 is 0 Å². The lowest BCUT2D eigenvalue weighted by atomic mass is 10.2. The quantitative estimate of drug-likeness (QED) is 0.288. The molecule has 0 aromatic rings. The van der Waals surface area contributed by atoms with E-state index in [0.717, 1.165) is 85.2 Å². The number of rotatable bonds is 21. The van der Waals surface area contributed by atoms with Gasteiger partial charge in [-0.25, -0.2) is 0 Å². The normalized spacial score (nSPS) is 12.2. The maximum atomic E-state index is 5.77. The molecule has 170 valence electrons. The minimum Gasteiger partial charge on any atom is -0.380 e. The van der Waals surface area contributed by atoms with Crippen molar-refractivity contribution in [3.8, 4) is 0 Å². The van der Waals surface area contributed by atoms with Gasteiger partial charge < -0.3 is 25.0 Å². The number of likely N-dealkylation sites (N-methyl/N-ethyl adjacent to an activating group) is 1. The second-order valence-corrected chi connectivity index (χ2v) is 7.88. The van der Waals surface area contributed by atoms with Crippen LogP contribution in [0.3, 0.4) is 0 Å². The highest BCUT2D eigenvalue weighted by molar-refractivity contribution is 4.68. The average molecular weight is 403 g/mol. The molecular formula is C22H50N4O2. The molecule has 2 N–H and O–H groups in total. The van der Waals surface area contributed by atoms with E-state index >= 15 is 0 Å². The minimum absolute atomic E-state index is 0.603. The molecule has 0 amide bonds. The van der Waals surface area contributed by atoms with E-state index in [1.807, 2.05) is 6.92 Å². The van der Waals surface area contributed by atoms with Gasteiger partial charge in [-0.05, 0) is 60.5 Å². The fraction of sp³-hybridized carbons (Fsp3) is 1.00. The van der Waals surface area contributed by atoms with Gasteiger partial charge in [0.05, 0.1) is 13.2 Å². The zero-order valence-corrected chi connectivity index (χ0v) is 19.8. The molecule has 6 nitrogen and oxygen atoms in total. The van der Waals surface area contributed by atoms with Gasteiger partial charge in [0.2, 0.25) is 0 Å².